The summed E-state index contributed by atoms with van der Waals surface area (Å²) in [6.45, 7) is 4.92. The Kier molecular flexibility index (Phi) is 6.68. The molecule has 0 saturated carbocycles. The maximum atomic E-state index is 11.6. The van der Waals surface area contributed by atoms with E-state index in [-0.39, 0.29) is 29.4 Å². The van der Waals surface area contributed by atoms with Crippen LogP contribution in [-0.4, -0.2) is 53.9 Å². The van der Waals surface area contributed by atoms with Crippen molar-refractivity contribution in [3.63, 3.8) is 0 Å². The number of phenolic OH excluding ortho intramolecular Hbond substituents is 1. The average Bonchev–Trinajstić information content (AvgIpc) is 2.50. The molecular weight excluding hydrogens is 318 g/mol. The third-order valence-electron chi connectivity index (χ3n) is 3.06. The molecule has 1 aromatic carbocycles. The van der Waals surface area contributed by atoms with E-state index >= 15 is 0 Å². The quantitative estimate of drug-likeness (QED) is 0.615. The van der Waals surface area contributed by atoms with Crippen molar-refractivity contribution in [3.05, 3.63) is 17.7 Å². The van der Waals surface area contributed by atoms with Crippen LogP contribution in [0, 0.1) is 0 Å². The zero-order valence-electron chi connectivity index (χ0n) is 14.5. The lowest BCUT2D eigenvalue weighted by Crippen LogP contribution is -2.38. The predicted molar refractivity (Wildman–Crippen MR) is 86.4 cm³/mol. The summed E-state index contributed by atoms with van der Waals surface area (Å²) in [6.07, 6.45) is -3.32. The smallest absolute Gasteiger partial charge is 0.407 e. The zero-order chi connectivity index (χ0) is 18.5. The molecule has 24 heavy (non-hydrogen) atoms. The van der Waals surface area contributed by atoms with Crippen LogP contribution in [0.5, 0.6) is 17.2 Å². The van der Waals surface area contributed by atoms with E-state index in [9.17, 15) is 20.1 Å². The van der Waals surface area contributed by atoms with Gasteiger partial charge in [0.2, 0.25) is 5.75 Å². The molecule has 1 aromatic rings. The molecule has 4 N–H and O–H groups in total. The minimum Gasteiger partial charge on any atom is -0.502 e. The number of aliphatic hydroxyl groups excluding tert-OH is 2. The summed E-state index contributed by atoms with van der Waals surface area (Å²) in [5.74, 6) is -0.0243. The van der Waals surface area contributed by atoms with E-state index in [0.29, 0.717) is 0 Å². The number of aliphatic hydroxyl groups is 2. The lowest BCUT2D eigenvalue weighted by molar-refractivity contribution is 0.0127. The molecule has 0 aliphatic rings. The molecule has 0 heterocycles. The van der Waals surface area contributed by atoms with Crippen LogP contribution in [0.1, 0.15) is 32.4 Å². The Hall–Kier alpha value is -2.19. The SMILES string of the molecule is COc1cc(C(O)C(O)CNC(=O)OC(C)(C)C)cc(OC)c1O. The number of carbonyl (C=O) groups is 1. The van der Waals surface area contributed by atoms with Crippen LogP contribution in [-0.2, 0) is 4.74 Å². The fourth-order valence-corrected chi connectivity index (χ4v) is 1.92. The van der Waals surface area contributed by atoms with Gasteiger partial charge in [-0.1, -0.05) is 0 Å². The number of alkyl carbamates (subject to hydrolysis) is 1. The maximum absolute atomic E-state index is 11.6. The number of hydrogen-bond donors (Lipinski definition) is 4. The summed E-state index contributed by atoms with van der Waals surface area (Å²) in [5, 5.41) is 32.5. The first-order valence-electron chi connectivity index (χ1n) is 7.37. The van der Waals surface area contributed by atoms with Gasteiger partial charge in [0.05, 0.1) is 14.2 Å². The normalized spacial score (nSPS) is 13.8. The van der Waals surface area contributed by atoms with Crippen molar-refractivity contribution in [2.75, 3.05) is 20.8 Å². The van der Waals surface area contributed by atoms with Crippen LogP contribution in [0.2, 0.25) is 0 Å². The van der Waals surface area contributed by atoms with E-state index in [1.165, 1.54) is 26.4 Å². The van der Waals surface area contributed by atoms with E-state index in [0.717, 1.165) is 0 Å². The number of phenols is 1. The van der Waals surface area contributed by atoms with Crippen molar-refractivity contribution >= 4 is 6.09 Å². The summed E-state index contributed by atoms with van der Waals surface area (Å²) in [5.41, 5.74) is -0.397. The number of ether oxygens (including phenoxy) is 3. The van der Waals surface area contributed by atoms with E-state index in [1.54, 1.807) is 20.8 Å². The summed E-state index contributed by atoms with van der Waals surface area (Å²) in [4.78, 5) is 11.6. The Morgan fingerprint density at radius 1 is 1.17 bits per heavy atom. The highest BCUT2D eigenvalue weighted by molar-refractivity contribution is 5.67. The van der Waals surface area contributed by atoms with Crippen molar-refractivity contribution < 1.29 is 34.3 Å². The van der Waals surface area contributed by atoms with Crippen LogP contribution < -0.4 is 14.8 Å². The highest BCUT2D eigenvalue weighted by atomic mass is 16.6. The van der Waals surface area contributed by atoms with Crippen LogP contribution >= 0.6 is 0 Å². The Morgan fingerprint density at radius 3 is 2.08 bits per heavy atom. The Morgan fingerprint density at radius 2 is 1.67 bits per heavy atom. The number of carbonyl (C=O) groups excluding carboxylic acids is 1. The number of benzene rings is 1. The summed E-state index contributed by atoms with van der Waals surface area (Å²) in [6, 6.07) is 2.75. The Balaban J connectivity index is 2.79. The van der Waals surface area contributed by atoms with Crippen LogP contribution in [0.15, 0.2) is 12.1 Å². The molecule has 8 nitrogen and oxygen atoms in total. The molecule has 0 aliphatic heterocycles. The Labute approximate surface area is 141 Å². The zero-order valence-corrected chi connectivity index (χ0v) is 14.5. The fourth-order valence-electron chi connectivity index (χ4n) is 1.92. The van der Waals surface area contributed by atoms with Gasteiger partial charge in [0.15, 0.2) is 11.5 Å². The van der Waals surface area contributed by atoms with E-state index < -0.39 is 23.9 Å². The van der Waals surface area contributed by atoms with E-state index in [2.05, 4.69) is 5.32 Å². The monoisotopic (exact) mass is 343 g/mol. The molecule has 0 fully saturated rings. The minimum atomic E-state index is -1.33. The predicted octanol–water partition coefficient (Wildman–Crippen LogP) is 1.33. The van der Waals surface area contributed by atoms with Gasteiger partial charge in [-0.05, 0) is 38.5 Å². The van der Waals surface area contributed by atoms with Gasteiger partial charge in [-0.15, -0.1) is 0 Å². The third-order valence-corrected chi connectivity index (χ3v) is 3.06. The molecule has 1 rings (SSSR count). The highest BCUT2D eigenvalue weighted by Crippen LogP contribution is 2.39. The molecule has 0 bridgehead atoms. The molecule has 0 spiro atoms. The number of nitrogens with one attached hydrogen (secondary N) is 1. The second kappa shape index (κ2) is 8.07. The van der Waals surface area contributed by atoms with E-state index in [4.69, 9.17) is 14.2 Å². The number of aromatic hydroxyl groups is 1. The van der Waals surface area contributed by atoms with Crippen molar-refractivity contribution in [1.29, 1.82) is 0 Å². The minimum absolute atomic E-state index is 0.0932. The van der Waals surface area contributed by atoms with E-state index in [1.807, 2.05) is 0 Å². The van der Waals surface area contributed by atoms with Gasteiger partial charge in [0.1, 0.15) is 17.8 Å². The van der Waals surface area contributed by atoms with Crippen molar-refractivity contribution in [1.82, 2.24) is 5.32 Å². The molecule has 2 unspecified atom stereocenters. The molecule has 0 aromatic heterocycles. The van der Waals surface area contributed by atoms with Gasteiger partial charge < -0.3 is 34.8 Å². The Bertz CT molecular complexity index is 543. The molecule has 0 radical (unpaired) electrons. The van der Waals surface area contributed by atoms with Crippen LogP contribution in [0.25, 0.3) is 0 Å². The first kappa shape index (κ1) is 19.9. The number of amides is 1. The molecule has 1 amide bonds. The molecule has 2 atom stereocenters. The summed E-state index contributed by atoms with van der Waals surface area (Å²) < 4.78 is 15.0. The van der Waals surface area contributed by atoms with Gasteiger partial charge in [-0.3, -0.25) is 0 Å². The number of hydrogen-bond acceptors (Lipinski definition) is 7. The molecule has 8 heteroatoms. The van der Waals surface area contributed by atoms with Gasteiger partial charge >= 0.3 is 6.09 Å². The summed E-state index contributed by atoms with van der Waals surface area (Å²) in [7, 11) is 2.70. The number of methoxy groups -OCH3 is 2. The maximum Gasteiger partial charge on any atom is 0.407 e. The number of rotatable bonds is 6. The van der Waals surface area contributed by atoms with Crippen molar-refractivity contribution in [3.8, 4) is 17.2 Å². The van der Waals surface area contributed by atoms with Crippen LogP contribution in [0.3, 0.4) is 0 Å². The lowest BCUT2D eigenvalue weighted by Gasteiger charge is -2.23. The molecular formula is C16H25NO7. The van der Waals surface area contributed by atoms with Gasteiger partial charge in [-0.2, -0.15) is 0 Å². The molecule has 0 aliphatic carbocycles. The van der Waals surface area contributed by atoms with Crippen molar-refractivity contribution in [2.45, 2.75) is 38.6 Å². The van der Waals surface area contributed by atoms with Crippen molar-refractivity contribution in [2.24, 2.45) is 0 Å². The largest absolute Gasteiger partial charge is 0.502 e. The molecule has 136 valence electrons. The fraction of sp³-hybridized carbons (Fsp3) is 0.562. The first-order valence-corrected chi connectivity index (χ1v) is 7.37. The van der Waals surface area contributed by atoms with Crippen LogP contribution in [0.4, 0.5) is 4.79 Å². The second-order valence-electron chi connectivity index (χ2n) is 6.17. The topological polar surface area (TPSA) is 117 Å². The van der Waals surface area contributed by atoms with Gasteiger partial charge in [0, 0.05) is 6.54 Å². The molecule has 0 saturated heterocycles. The van der Waals surface area contributed by atoms with Gasteiger partial charge in [0.25, 0.3) is 0 Å². The van der Waals surface area contributed by atoms with Gasteiger partial charge in [-0.25, -0.2) is 4.79 Å². The standard InChI is InChI=1S/C16H25NO7/c1-16(2,3)24-15(21)17-8-10(18)13(19)9-6-11(22-4)14(20)12(7-9)23-5/h6-7,10,13,18-20H,8H2,1-5H3,(H,17,21). The second-order valence-corrected chi connectivity index (χ2v) is 6.17. The lowest BCUT2D eigenvalue weighted by atomic mass is 10.0. The third kappa shape index (κ3) is 5.47. The highest BCUT2D eigenvalue weighted by Gasteiger charge is 2.24. The first-order chi connectivity index (χ1) is 11.1. The summed E-state index contributed by atoms with van der Waals surface area (Å²) >= 11 is 0. The average molecular weight is 343 g/mol.